The van der Waals surface area contributed by atoms with Gasteiger partial charge in [-0.1, -0.05) is 59.7 Å². The summed E-state index contributed by atoms with van der Waals surface area (Å²) in [5, 5.41) is 15.0. The van der Waals surface area contributed by atoms with E-state index in [0.29, 0.717) is 44.4 Å². The monoisotopic (exact) mass is 791 g/mol. The van der Waals surface area contributed by atoms with Crippen LogP contribution in [0.5, 0.6) is 5.75 Å². The number of nitrogens with one attached hydrogen (secondary N) is 3. The number of amides is 3. The van der Waals surface area contributed by atoms with E-state index in [-0.39, 0.29) is 29.7 Å². The van der Waals surface area contributed by atoms with Gasteiger partial charge in [0.15, 0.2) is 0 Å². The fourth-order valence-corrected chi connectivity index (χ4v) is 9.62. The summed E-state index contributed by atoms with van der Waals surface area (Å²) in [4.78, 5) is 59.0. The molecule has 5 aromatic rings. The smallest absolute Gasteiger partial charge is 0.408 e. The molecule has 0 unspecified atom stereocenters. The van der Waals surface area contributed by atoms with Crippen LogP contribution in [0, 0.1) is 23.2 Å². The molecule has 2 saturated heterocycles. The van der Waals surface area contributed by atoms with Crippen LogP contribution < -0.4 is 10.1 Å². The number of fused-ring (bicyclic) bond motifs is 6. The van der Waals surface area contributed by atoms with Crippen molar-refractivity contribution < 1.29 is 33.7 Å². The minimum Gasteiger partial charge on any atom is -0.488 e. The Kier molecular flexibility index (Phi) is 9.89. The third-order valence-corrected chi connectivity index (χ3v) is 12.5. The predicted molar refractivity (Wildman–Crippen MR) is 219 cm³/mol. The molecule has 2 fully saturated rings. The number of imidazole rings is 2. The van der Waals surface area contributed by atoms with Gasteiger partial charge in [0, 0.05) is 37.1 Å². The maximum absolute atomic E-state index is 13.9. The van der Waals surface area contributed by atoms with Gasteiger partial charge in [0.25, 0.3) is 0 Å². The topological polar surface area (TPSA) is 175 Å². The van der Waals surface area contributed by atoms with E-state index in [1.807, 2.05) is 24.8 Å². The lowest BCUT2D eigenvalue weighted by Gasteiger charge is -2.45. The van der Waals surface area contributed by atoms with Gasteiger partial charge in [-0.25, -0.2) is 19.6 Å². The van der Waals surface area contributed by atoms with E-state index in [0.717, 1.165) is 61.9 Å². The van der Waals surface area contributed by atoms with Gasteiger partial charge >= 0.3 is 12.2 Å². The first kappa shape index (κ1) is 39.2. The highest BCUT2D eigenvalue weighted by Gasteiger charge is 2.58. The standard InChI is InChI=1S/C44H53N7O7/c1-23(2)36(49-41(53)57-8)39(52)50-19-24(3)13-34(50)38-46-32-12-10-26-15-31-29-11-9-27(14-28(29)22-58-35(31)16-30(26)37(32)48-38)33-18-45-40(47-33)44(43(4,5)6)17-25(21-56-7)20-51(44)42(54)55/h9-12,14-16,18,23-25,34,36H,13,17,19-22H2,1-8H3,(H,45,47)(H,46,48)(H,49,53)(H,54,55)/t24-,25-,34-,36-,44+/m0/s1. The van der Waals surface area contributed by atoms with Crippen LogP contribution in [0.3, 0.4) is 0 Å². The molecule has 58 heavy (non-hydrogen) atoms. The summed E-state index contributed by atoms with van der Waals surface area (Å²) < 4.78 is 16.7. The second-order valence-corrected chi connectivity index (χ2v) is 17.7. The van der Waals surface area contributed by atoms with Gasteiger partial charge in [0.1, 0.15) is 35.6 Å². The first-order valence-electron chi connectivity index (χ1n) is 20.1. The molecule has 0 aliphatic carbocycles. The molecular formula is C44H53N7O7. The molecule has 0 spiro atoms. The second-order valence-electron chi connectivity index (χ2n) is 17.7. The quantitative estimate of drug-likeness (QED) is 0.122. The number of alkyl carbamates (subject to hydrolysis) is 1. The Balaban J connectivity index is 1.09. The fraction of sp³-hybridized carbons (Fsp3) is 0.477. The van der Waals surface area contributed by atoms with Gasteiger partial charge in [0.2, 0.25) is 5.91 Å². The highest BCUT2D eigenvalue weighted by molar-refractivity contribution is 6.07. The summed E-state index contributed by atoms with van der Waals surface area (Å²) in [7, 11) is 2.94. The Labute approximate surface area is 337 Å². The van der Waals surface area contributed by atoms with Crippen molar-refractivity contribution in [3.63, 3.8) is 0 Å². The number of hydrogen-bond donors (Lipinski definition) is 4. The molecule has 3 aliphatic heterocycles. The molecule has 0 saturated carbocycles. The second kappa shape index (κ2) is 14.6. The maximum Gasteiger partial charge on any atom is 0.408 e. The summed E-state index contributed by atoms with van der Waals surface area (Å²) in [6, 6.07) is 13.6. The lowest BCUT2D eigenvalue weighted by atomic mass is 9.70. The highest BCUT2D eigenvalue weighted by Crippen LogP contribution is 2.52. The van der Waals surface area contributed by atoms with E-state index >= 15 is 0 Å². The number of carbonyl (C=O) groups excluding carboxylic acids is 2. The number of H-pyrrole nitrogens is 2. The zero-order valence-electron chi connectivity index (χ0n) is 34.4. The van der Waals surface area contributed by atoms with Gasteiger partial charge < -0.3 is 39.5 Å². The Morgan fingerprint density at radius 3 is 2.57 bits per heavy atom. The number of carboxylic acid groups (broad SMARTS) is 1. The van der Waals surface area contributed by atoms with Crippen molar-refractivity contribution in [1.29, 1.82) is 0 Å². The molecule has 0 radical (unpaired) electrons. The van der Waals surface area contributed by atoms with Crippen LogP contribution in [-0.2, 0) is 26.4 Å². The molecule has 5 atom stereocenters. The van der Waals surface area contributed by atoms with E-state index in [9.17, 15) is 19.5 Å². The maximum atomic E-state index is 13.9. The molecule has 3 aromatic carbocycles. The van der Waals surface area contributed by atoms with E-state index in [1.54, 1.807) is 18.2 Å². The number of carbonyl (C=O) groups is 3. The normalized spacial score (nSPS) is 22.3. The number of likely N-dealkylation sites (tertiary alicyclic amines) is 2. The summed E-state index contributed by atoms with van der Waals surface area (Å²) in [6.45, 7) is 13.9. The molecule has 4 N–H and O–H groups in total. The van der Waals surface area contributed by atoms with Crippen LogP contribution in [0.1, 0.15) is 77.6 Å². The zero-order chi connectivity index (χ0) is 41.3. The number of hydrogen-bond acceptors (Lipinski definition) is 8. The third-order valence-electron chi connectivity index (χ3n) is 12.5. The number of aromatic amines is 2. The molecule has 14 nitrogen and oxygen atoms in total. The summed E-state index contributed by atoms with van der Waals surface area (Å²) in [5.41, 5.74) is 5.20. The third kappa shape index (κ3) is 6.51. The van der Waals surface area contributed by atoms with Gasteiger partial charge in [0.05, 0.1) is 42.7 Å². The Bertz CT molecular complexity index is 2410. The first-order chi connectivity index (χ1) is 27.6. The van der Waals surface area contributed by atoms with Crippen molar-refractivity contribution in [2.24, 2.45) is 23.2 Å². The summed E-state index contributed by atoms with van der Waals surface area (Å²) in [5.74, 6) is 2.13. The van der Waals surface area contributed by atoms with Crippen molar-refractivity contribution in [3.05, 3.63) is 65.9 Å². The van der Waals surface area contributed by atoms with Crippen molar-refractivity contribution in [2.75, 3.05) is 33.9 Å². The zero-order valence-corrected chi connectivity index (χ0v) is 34.4. The molecule has 306 valence electrons. The minimum absolute atomic E-state index is 0.0510. The van der Waals surface area contributed by atoms with E-state index < -0.39 is 29.2 Å². The summed E-state index contributed by atoms with van der Waals surface area (Å²) >= 11 is 0. The van der Waals surface area contributed by atoms with Crippen LogP contribution in [0.15, 0.2) is 48.7 Å². The van der Waals surface area contributed by atoms with Crippen molar-refractivity contribution in [3.8, 4) is 28.1 Å². The SMILES string of the molecule is COC[C@@H]1CN(C(=O)O)[C@](c2ncc(-c3ccc4c(c3)COc3cc5c(ccc6[nH]c([C@@H]7C[C@H](C)CN7C(=O)[C@@H](NC(=O)OC)C(C)C)nc65)cc3-4)[nH]2)(C(C)(C)C)C1. The molecule has 2 aromatic heterocycles. The highest BCUT2D eigenvalue weighted by atomic mass is 16.5. The number of methoxy groups -OCH3 is 2. The van der Waals surface area contributed by atoms with Crippen LogP contribution in [0.25, 0.3) is 44.2 Å². The van der Waals surface area contributed by atoms with Crippen LogP contribution in [0.4, 0.5) is 9.59 Å². The van der Waals surface area contributed by atoms with Crippen LogP contribution >= 0.6 is 0 Å². The number of benzene rings is 3. The predicted octanol–water partition coefficient (Wildman–Crippen LogP) is 7.84. The van der Waals surface area contributed by atoms with Gasteiger partial charge in [-0.2, -0.15) is 0 Å². The van der Waals surface area contributed by atoms with Crippen molar-refractivity contribution in [2.45, 2.75) is 78.6 Å². The van der Waals surface area contributed by atoms with Crippen molar-refractivity contribution >= 4 is 39.9 Å². The first-order valence-corrected chi connectivity index (χ1v) is 20.1. The number of aromatic nitrogens is 4. The molecule has 3 amide bonds. The average Bonchev–Trinajstić information content (AvgIpc) is 4.00. The Morgan fingerprint density at radius 2 is 1.86 bits per heavy atom. The lowest BCUT2D eigenvalue weighted by Crippen LogP contribution is -2.53. The van der Waals surface area contributed by atoms with E-state index in [4.69, 9.17) is 24.2 Å². The number of ether oxygens (including phenoxy) is 3. The van der Waals surface area contributed by atoms with E-state index in [1.165, 1.54) is 7.11 Å². The van der Waals surface area contributed by atoms with Gasteiger partial charge in [-0.15, -0.1) is 0 Å². The Morgan fingerprint density at radius 1 is 1.07 bits per heavy atom. The average molecular weight is 792 g/mol. The molecular weight excluding hydrogens is 739 g/mol. The van der Waals surface area contributed by atoms with Crippen LogP contribution in [-0.4, -0.2) is 92.9 Å². The van der Waals surface area contributed by atoms with Crippen molar-refractivity contribution in [1.82, 2.24) is 35.1 Å². The van der Waals surface area contributed by atoms with Crippen LogP contribution in [0.2, 0.25) is 0 Å². The molecule has 8 rings (SSSR count). The largest absolute Gasteiger partial charge is 0.488 e. The van der Waals surface area contributed by atoms with E-state index in [2.05, 4.69) is 79.4 Å². The lowest BCUT2D eigenvalue weighted by molar-refractivity contribution is -0.135. The number of rotatable bonds is 8. The molecule has 0 bridgehead atoms. The number of nitrogens with zero attached hydrogens (tertiary/aromatic N) is 4. The van der Waals surface area contributed by atoms with Gasteiger partial charge in [-0.3, -0.25) is 9.69 Å². The fourth-order valence-electron chi connectivity index (χ4n) is 9.62. The minimum atomic E-state index is -0.967. The molecule has 14 heteroatoms. The van der Waals surface area contributed by atoms with Gasteiger partial charge in [-0.05, 0) is 76.4 Å². The molecule has 5 heterocycles. The molecule has 3 aliphatic rings. The Hall–Kier alpha value is -5.63. The summed E-state index contributed by atoms with van der Waals surface area (Å²) in [6.07, 6.45) is 1.55.